The van der Waals surface area contributed by atoms with Crippen molar-refractivity contribution in [2.75, 3.05) is 0 Å². The Morgan fingerprint density at radius 3 is 2.00 bits per heavy atom. The van der Waals surface area contributed by atoms with Gasteiger partial charge in [0.1, 0.15) is 0 Å². The van der Waals surface area contributed by atoms with Crippen molar-refractivity contribution in [3.8, 4) is 0 Å². The molecule has 0 aromatic carbocycles. The summed E-state index contributed by atoms with van der Waals surface area (Å²) in [5.41, 5.74) is 0.335. The summed E-state index contributed by atoms with van der Waals surface area (Å²) in [5.74, 6) is 0. The zero-order chi connectivity index (χ0) is 18.2. The SMILES string of the molecule is CCCC[C](CCCC)(CCCC)[Sn][c]1cccc(C2(O)CCC2)n1. The van der Waals surface area contributed by atoms with Gasteiger partial charge in [0.2, 0.25) is 0 Å². The van der Waals surface area contributed by atoms with Gasteiger partial charge in [-0.25, -0.2) is 0 Å². The second kappa shape index (κ2) is 10.3. The number of hydrogen-bond acceptors (Lipinski definition) is 2. The van der Waals surface area contributed by atoms with Crippen LogP contribution in [0.25, 0.3) is 0 Å². The van der Waals surface area contributed by atoms with Gasteiger partial charge in [-0.3, -0.25) is 0 Å². The van der Waals surface area contributed by atoms with Gasteiger partial charge in [0.15, 0.2) is 0 Å². The quantitative estimate of drug-likeness (QED) is 0.426. The number of aromatic nitrogens is 1. The van der Waals surface area contributed by atoms with Crippen LogP contribution >= 0.6 is 0 Å². The van der Waals surface area contributed by atoms with Gasteiger partial charge in [0, 0.05) is 0 Å². The molecule has 1 aliphatic carbocycles. The van der Waals surface area contributed by atoms with Gasteiger partial charge in [-0.15, -0.1) is 0 Å². The summed E-state index contributed by atoms with van der Waals surface area (Å²) in [7, 11) is 0. The van der Waals surface area contributed by atoms with E-state index in [0.29, 0.717) is 3.43 Å². The molecule has 1 aromatic heterocycles. The van der Waals surface area contributed by atoms with Crippen molar-refractivity contribution in [2.45, 2.75) is 107 Å². The molecule has 0 saturated heterocycles. The first-order valence-electron chi connectivity index (χ1n) is 10.6. The molecular formula is C22H37NOSn. The van der Waals surface area contributed by atoms with Crippen LogP contribution in [0.2, 0.25) is 3.43 Å². The Bertz CT molecular complexity index is 491. The van der Waals surface area contributed by atoms with Crippen molar-refractivity contribution < 1.29 is 5.11 Å². The monoisotopic (exact) mass is 451 g/mol. The zero-order valence-electron chi connectivity index (χ0n) is 16.6. The molecule has 0 unspecified atom stereocenters. The van der Waals surface area contributed by atoms with E-state index in [1.54, 1.807) is 0 Å². The van der Waals surface area contributed by atoms with E-state index in [9.17, 15) is 5.11 Å². The number of unbranched alkanes of at least 4 members (excludes halogenated alkanes) is 3. The molecule has 1 heterocycles. The van der Waals surface area contributed by atoms with Crippen molar-refractivity contribution >= 4 is 24.9 Å². The van der Waals surface area contributed by atoms with Gasteiger partial charge in [0.25, 0.3) is 0 Å². The predicted molar refractivity (Wildman–Crippen MR) is 109 cm³/mol. The van der Waals surface area contributed by atoms with Crippen molar-refractivity contribution in [3.05, 3.63) is 23.9 Å². The van der Waals surface area contributed by atoms with Crippen LogP contribution < -0.4 is 3.71 Å². The van der Waals surface area contributed by atoms with E-state index >= 15 is 0 Å². The Morgan fingerprint density at radius 2 is 1.56 bits per heavy atom. The van der Waals surface area contributed by atoms with Crippen LogP contribution in [0.4, 0.5) is 0 Å². The standard InChI is InChI=1S/C13H27.C9H10NO.Sn/c1-4-7-10-13(11-8-5-2)12-9-6-3;11-9(5-3-6-9)8-4-1-2-7-10-8;/h4-12H2,1-3H3;1-2,4,11H,3,5-6H2;. The van der Waals surface area contributed by atoms with Gasteiger partial charge >= 0.3 is 166 Å². The molecule has 1 N–H and O–H groups in total. The topological polar surface area (TPSA) is 33.1 Å². The third-order valence-corrected chi connectivity index (χ3v) is 11.0. The maximum atomic E-state index is 10.7. The first-order chi connectivity index (χ1) is 12.1. The number of hydrogen-bond donors (Lipinski definition) is 1. The molecule has 0 aliphatic heterocycles. The summed E-state index contributed by atoms with van der Waals surface area (Å²) in [6, 6.07) is 6.46. The van der Waals surface area contributed by atoms with E-state index in [4.69, 9.17) is 4.98 Å². The van der Waals surface area contributed by atoms with Crippen molar-refractivity contribution in [2.24, 2.45) is 0 Å². The minimum absolute atomic E-state index is 0.569. The van der Waals surface area contributed by atoms with E-state index in [-0.39, 0.29) is 0 Å². The van der Waals surface area contributed by atoms with Crippen LogP contribution in [0.3, 0.4) is 0 Å². The summed E-state index contributed by atoms with van der Waals surface area (Å²) < 4.78 is 1.93. The molecule has 0 spiro atoms. The van der Waals surface area contributed by atoms with Crippen LogP contribution in [0.5, 0.6) is 0 Å². The average Bonchev–Trinajstić information content (AvgIpc) is 2.61. The van der Waals surface area contributed by atoms with Gasteiger partial charge in [-0.05, 0) is 0 Å². The summed E-state index contributed by atoms with van der Waals surface area (Å²) in [5, 5.41) is 10.7. The van der Waals surface area contributed by atoms with Crippen molar-refractivity contribution in [1.82, 2.24) is 4.98 Å². The molecule has 1 fully saturated rings. The Labute approximate surface area is 165 Å². The fraction of sp³-hybridized carbons (Fsp3) is 0.773. The van der Waals surface area contributed by atoms with Crippen LogP contribution in [0.15, 0.2) is 18.2 Å². The van der Waals surface area contributed by atoms with E-state index in [2.05, 4.69) is 32.9 Å². The fourth-order valence-corrected chi connectivity index (χ4v) is 9.06. The molecule has 1 saturated carbocycles. The fourth-order valence-electron chi connectivity index (χ4n) is 3.91. The van der Waals surface area contributed by atoms with E-state index < -0.39 is 26.7 Å². The van der Waals surface area contributed by atoms with E-state index in [1.807, 2.05) is 6.07 Å². The first kappa shape index (κ1) is 21.2. The average molecular weight is 450 g/mol. The molecule has 2 nitrogen and oxygen atoms in total. The molecule has 25 heavy (non-hydrogen) atoms. The van der Waals surface area contributed by atoms with Crippen LogP contribution in [-0.2, 0) is 5.60 Å². The molecule has 0 bridgehead atoms. The normalized spacial score (nSPS) is 16.6. The van der Waals surface area contributed by atoms with E-state index in [1.165, 1.54) is 61.5 Å². The zero-order valence-corrected chi connectivity index (χ0v) is 19.5. The number of pyridine rings is 1. The molecular weight excluding hydrogens is 413 g/mol. The third-order valence-electron chi connectivity index (χ3n) is 5.83. The summed E-state index contributed by atoms with van der Waals surface area (Å²) in [6.07, 6.45) is 15.1. The van der Waals surface area contributed by atoms with Gasteiger partial charge in [-0.1, -0.05) is 0 Å². The molecule has 0 amide bonds. The summed E-state index contributed by atoms with van der Waals surface area (Å²) >= 11 is -0.793. The summed E-state index contributed by atoms with van der Waals surface area (Å²) in [4.78, 5) is 5.00. The van der Waals surface area contributed by atoms with Crippen LogP contribution in [0, 0.1) is 0 Å². The minimum atomic E-state index is -0.793. The van der Waals surface area contributed by atoms with Crippen molar-refractivity contribution in [1.29, 1.82) is 0 Å². The molecule has 140 valence electrons. The molecule has 3 heteroatoms. The second-order valence-corrected chi connectivity index (χ2v) is 13.2. The molecule has 0 atom stereocenters. The number of aliphatic hydroxyl groups is 1. The van der Waals surface area contributed by atoms with Crippen LogP contribution in [-0.4, -0.2) is 31.2 Å². The predicted octanol–water partition coefficient (Wildman–Crippen LogP) is 5.51. The molecule has 2 radical (unpaired) electrons. The molecule has 1 aliphatic rings. The van der Waals surface area contributed by atoms with Crippen molar-refractivity contribution in [3.63, 3.8) is 0 Å². The van der Waals surface area contributed by atoms with E-state index in [0.717, 1.165) is 25.0 Å². The molecule has 1 aromatic rings. The Kier molecular flexibility index (Phi) is 8.74. The number of rotatable bonds is 12. The van der Waals surface area contributed by atoms with Gasteiger partial charge in [0.05, 0.1) is 0 Å². The second-order valence-electron chi connectivity index (χ2n) is 8.01. The third kappa shape index (κ3) is 5.95. The van der Waals surface area contributed by atoms with Crippen LogP contribution in [0.1, 0.15) is 104 Å². The maximum absolute atomic E-state index is 10.7. The first-order valence-corrected chi connectivity index (χ1v) is 13.4. The van der Waals surface area contributed by atoms with Gasteiger partial charge in [-0.2, -0.15) is 0 Å². The number of nitrogens with zero attached hydrogens (tertiary/aromatic N) is 1. The molecule has 2 rings (SSSR count). The Hall–Kier alpha value is -0.0913. The Morgan fingerprint density at radius 1 is 1.00 bits per heavy atom. The Balaban J connectivity index is 2.19. The summed E-state index contributed by atoms with van der Waals surface area (Å²) in [6.45, 7) is 6.96. The van der Waals surface area contributed by atoms with Gasteiger partial charge < -0.3 is 0 Å².